The zero-order valence-corrected chi connectivity index (χ0v) is 10.5. The van der Waals surface area contributed by atoms with Crippen LogP contribution in [-0.4, -0.2) is 16.0 Å². The molecule has 0 atom stereocenters. The van der Waals surface area contributed by atoms with E-state index >= 15 is 0 Å². The Morgan fingerprint density at radius 2 is 2.00 bits per heavy atom. The SMILES string of the molecule is Nc1ccn2c(CCOc3ccccc3)ncc2c1. The van der Waals surface area contributed by atoms with Crippen LogP contribution >= 0.6 is 0 Å². The summed E-state index contributed by atoms with van der Waals surface area (Å²) in [5, 5.41) is 0. The molecule has 0 fully saturated rings. The van der Waals surface area contributed by atoms with Crippen molar-refractivity contribution >= 4 is 11.2 Å². The van der Waals surface area contributed by atoms with E-state index in [0.717, 1.165) is 29.2 Å². The Kier molecular flexibility index (Phi) is 3.06. The van der Waals surface area contributed by atoms with Gasteiger partial charge in [0.05, 0.1) is 18.3 Å². The second-order valence-electron chi connectivity index (χ2n) is 4.34. The molecule has 0 saturated carbocycles. The Hall–Kier alpha value is -2.49. The zero-order valence-electron chi connectivity index (χ0n) is 10.5. The number of rotatable bonds is 4. The summed E-state index contributed by atoms with van der Waals surface area (Å²) in [6.45, 7) is 0.605. The third-order valence-corrected chi connectivity index (χ3v) is 2.97. The van der Waals surface area contributed by atoms with Crippen LogP contribution in [0, 0.1) is 0 Å². The molecule has 0 amide bonds. The van der Waals surface area contributed by atoms with E-state index in [1.54, 1.807) is 0 Å². The van der Waals surface area contributed by atoms with Gasteiger partial charge in [-0.15, -0.1) is 0 Å². The second-order valence-corrected chi connectivity index (χ2v) is 4.34. The molecule has 0 bridgehead atoms. The largest absolute Gasteiger partial charge is 0.493 e. The first-order chi connectivity index (χ1) is 9.33. The van der Waals surface area contributed by atoms with Gasteiger partial charge in [0.2, 0.25) is 0 Å². The van der Waals surface area contributed by atoms with E-state index in [2.05, 4.69) is 4.98 Å². The number of hydrogen-bond acceptors (Lipinski definition) is 3. The minimum Gasteiger partial charge on any atom is -0.493 e. The van der Waals surface area contributed by atoms with E-state index in [1.807, 2.05) is 59.3 Å². The number of aromatic nitrogens is 2. The van der Waals surface area contributed by atoms with Crippen molar-refractivity contribution in [2.45, 2.75) is 6.42 Å². The Morgan fingerprint density at radius 1 is 1.16 bits per heavy atom. The summed E-state index contributed by atoms with van der Waals surface area (Å²) in [6, 6.07) is 13.6. The normalized spacial score (nSPS) is 10.7. The summed E-state index contributed by atoms with van der Waals surface area (Å²) < 4.78 is 7.71. The van der Waals surface area contributed by atoms with E-state index in [1.165, 1.54) is 0 Å². The molecule has 0 aliphatic heterocycles. The smallest absolute Gasteiger partial charge is 0.119 e. The molecule has 3 aromatic rings. The maximum absolute atomic E-state index is 5.74. The minimum atomic E-state index is 0.605. The van der Waals surface area contributed by atoms with Gasteiger partial charge < -0.3 is 14.9 Å². The first-order valence-corrected chi connectivity index (χ1v) is 6.22. The monoisotopic (exact) mass is 253 g/mol. The number of imidazole rings is 1. The maximum atomic E-state index is 5.74. The van der Waals surface area contributed by atoms with Gasteiger partial charge in [-0.05, 0) is 24.3 Å². The summed E-state index contributed by atoms with van der Waals surface area (Å²) in [4.78, 5) is 4.40. The number of pyridine rings is 1. The van der Waals surface area contributed by atoms with E-state index in [9.17, 15) is 0 Å². The fraction of sp³-hybridized carbons (Fsp3) is 0.133. The van der Waals surface area contributed by atoms with Crippen LogP contribution in [0.25, 0.3) is 5.52 Å². The number of nitrogens with zero attached hydrogens (tertiary/aromatic N) is 2. The first-order valence-electron chi connectivity index (χ1n) is 6.22. The van der Waals surface area contributed by atoms with E-state index < -0.39 is 0 Å². The van der Waals surface area contributed by atoms with Gasteiger partial charge in [-0.1, -0.05) is 18.2 Å². The quantitative estimate of drug-likeness (QED) is 0.777. The van der Waals surface area contributed by atoms with Crippen LogP contribution in [0.15, 0.2) is 54.9 Å². The zero-order chi connectivity index (χ0) is 13.1. The van der Waals surface area contributed by atoms with Gasteiger partial charge in [-0.25, -0.2) is 4.98 Å². The lowest BCUT2D eigenvalue weighted by molar-refractivity contribution is 0.318. The van der Waals surface area contributed by atoms with Gasteiger partial charge in [-0.3, -0.25) is 0 Å². The molecule has 0 aliphatic carbocycles. The molecule has 3 rings (SSSR count). The van der Waals surface area contributed by atoms with Gasteiger partial charge in [0.25, 0.3) is 0 Å². The first kappa shape index (κ1) is 11.6. The predicted octanol–water partition coefficient (Wildman–Crippen LogP) is 2.54. The van der Waals surface area contributed by atoms with Crippen molar-refractivity contribution in [1.82, 2.24) is 9.38 Å². The number of ether oxygens (including phenoxy) is 1. The van der Waals surface area contributed by atoms with Gasteiger partial charge in [0, 0.05) is 18.3 Å². The topological polar surface area (TPSA) is 52.5 Å². The van der Waals surface area contributed by atoms with Crippen LogP contribution < -0.4 is 10.5 Å². The number of benzene rings is 1. The molecule has 0 aliphatic rings. The standard InChI is InChI=1S/C15H15N3O/c16-12-6-8-18-13(10-12)11-17-15(18)7-9-19-14-4-2-1-3-5-14/h1-6,8,10-11H,7,9,16H2. The lowest BCUT2D eigenvalue weighted by Gasteiger charge is -2.05. The van der Waals surface area contributed by atoms with Gasteiger partial charge >= 0.3 is 0 Å². The molecule has 0 radical (unpaired) electrons. The van der Waals surface area contributed by atoms with Crippen LogP contribution in [0.5, 0.6) is 5.75 Å². The summed E-state index contributed by atoms with van der Waals surface area (Å²) in [5.74, 6) is 1.86. The molecule has 2 N–H and O–H groups in total. The molecule has 4 nitrogen and oxygen atoms in total. The average molecular weight is 253 g/mol. The Bertz CT molecular complexity index is 676. The second kappa shape index (κ2) is 5.02. The Balaban J connectivity index is 1.69. The van der Waals surface area contributed by atoms with Crippen LogP contribution in [-0.2, 0) is 6.42 Å². The molecule has 2 aromatic heterocycles. The van der Waals surface area contributed by atoms with Crippen LogP contribution in [0.4, 0.5) is 5.69 Å². The van der Waals surface area contributed by atoms with Crippen molar-refractivity contribution in [3.05, 3.63) is 60.7 Å². The lowest BCUT2D eigenvalue weighted by atomic mass is 10.3. The fourth-order valence-electron chi connectivity index (χ4n) is 2.03. The fourth-order valence-corrected chi connectivity index (χ4v) is 2.03. The van der Waals surface area contributed by atoms with Crippen molar-refractivity contribution in [1.29, 1.82) is 0 Å². The van der Waals surface area contributed by atoms with Crippen LogP contribution in [0.2, 0.25) is 0 Å². The Morgan fingerprint density at radius 3 is 2.84 bits per heavy atom. The molecular weight excluding hydrogens is 238 g/mol. The molecule has 2 heterocycles. The summed E-state index contributed by atoms with van der Waals surface area (Å²) >= 11 is 0. The number of hydrogen-bond donors (Lipinski definition) is 1. The third kappa shape index (κ3) is 2.52. The third-order valence-electron chi connectivity index (χ3n) is 2.97. The van der Waals surface area contributed by atoms with E-state index in [0.29, 0.717) is 6.61 Å². The molecular formula is C15H15N3O. The molecule has 0 spiro atoms. The number of nitrogens with two attached hydrogens (primary N) is 1. The molecule has 4 heteroatoms. The summed E-state index contributed by atoms with van der Waals surface area (Å²) in [5.41, 5.74) is 7.50. The highest BCUT2D eigenvalue weighted by atomic mass is 16.5. The Labute approximate surface area is 111 Å². The summed E-state index contributed by atoms with van der Waals surface area (Å²) in [6.07, 6.45) is 4.52. The molecule has 0 unspecified atom stereocenters. The molecule has 19 heavy (non-hydrogen) atoms. The van der Waals surface area contributed by atoms with Crippen molar-refractivity contribution in [2.24, 2.45) is 0 Å². The maximum Gasteiger partial charge on any atom is 0.119 e. The molecule has 0 saturated heterocycles. The average Bonchev–Trinajstić information content (AvgIpc) is 2.82. The van der Waals surface area contributed by atoms with E-state index in [-0.39, 0.29) is 0 Å². The van der Waals surface area contributed by atoms with Crippen LogP contribution in [0.3, 0.4) is 0 Å². The van der Waals surface area contributed by atoms with Crippen molar-refractivity contribution in [3.63, 3.8) is 0 Å². The lowest BCUT2D eigenvalue weighted by Crippen LogP contribution is -2.04. The van der Waals surface area contributed by atoms with Crippen LogP contribution in [0.1, 0.15) is 5.82 Å². The number of nitrogen functional groups attached to an aromatic ring is 1. The van der Waals surface area contributed by atoms with Crippen molar-refractivity contribution < 1.29 is 4.74 Å². The highest BCUT2D eigenvalue weighted by Gasteiger charge is 2.03. The van der Waals surface area contributed by atoms with Crippen molar-refractivity contribution in [3.8, 4) is 5.75 Å². The number of fused-ring (bicyclic) bond motifs is 1. The molecule has 1 aromatic carbocycles. The van der Waals surface area contributed by atoms with Gasteiger partial charge in [-0.2, -0.15) is 0 Å². The van der Waals surface area contributed by atoms with Gasteiger partial charge in [0.15, 0.2) is 0 Å². The number of para-hydroxylation sites is 1. The highest BCUT2D eigenvalue weighted by molar-refractivity contribution is 5.55. The van der Waals surface area contributed by atoms with Crippen molar-refractivity contribution in [2.75, 3.05) is 12.3 Å². The molecule has 96 valence electrons. The van der Waals surface area contributed by atoms with Gasteiger partial charge in [0.1, 0.15) is 11.6 Å². The minimum absolute atomic E-state index is 0.605. The predicted molar refractivity (Wildman–Crippen MR) is 75.2 cm³/mol. The summed E-state index contributed by atoms with van der Waals surface area (Å²) in [7, 11) is 0. The number of anilines is 1. The van der Waals surface area contributed by atoms with E-state index in [4.69, 9.17) is 10.5 Å². The highest BCUT2D eigenvalue weighted by Crippen LogP contribution is 2.12.